The number of nitrogens with two attached hydrogens (primary N) is 1. The van der Waals surface area contributed by atoms with Gasteiger partial charge in [-0.05, 0) is 31.9 Å². The summed E-state index contributed by atoms with van der Waals surface area (Å²) in [7, 11) is 0. The third-order valence-corrected chi connectivity index (χ3v) is 2.00. The first-order valence-corrected chi connectivity index (χ1v) is 4.51. The highest BCUT2D eigenvalue weighted by Crippen LogP contribution is 2.18. The zero-order valence-electron chi connectivity index (χ0n) is 8.76. The van der Waals surface area contributed by atoms with Crippen LogP contribution in [0.25, 0.3) is 6.08 Å². The quantitative estimate of drug-likeness (QED) is 0.684. The number of anilines is 1. The predicted octanol–water partition coefficient (Wildman–Crippen LogP) is 2.38. The van der Waals surface area contributed by atoms with Crippen molar-refractivity contribution in [1.29, 1.82) is 0 Å². The average molecular weight is 186 g/mol. The molecule has 1 heterocycles. The minimum Gasteiger partial charge on any atom is -0.383 e. The molecule has 0 fully saturated rings. The molecule has 0 bridgehead atoms. The fourth-order valence-corrected chi connectivity index (χ4v) is 1.26. The third-order valence-electron chi connectivity index (χ3n) is 2.00. The first-order chi connectivity index (χ1) is 6.70. The van der Waals surface area contributed by atoms with Gasteiger partial charge in [-0.1, -0.05) is 18.1 Å². The molecule has 14 heavy (non-hydrogen) atoms. The smallest absolute Gasteiger partial charge is 0.126 e. The van der Waals surface area contributed by atoms with Crippen LogP contribution in [0.15, 0.2) is 12.3 Å². The van der Waals surface area contributed by atoms with Gasteiger partial charge in [0.25, 0.3) is 0 Å². The van der Waals surface area contributed by atoms with Crippen molar-refractivity contribution >= 4 is 11.9 Å². The number of allylic oxidation sites excluding steroid dienone is 1. The molecule has 1 rings (SSSR count). The summed E-state index contributed by atoms with van der Waals surface area (Å²) in [5.41, 5.74) is 8.70. The number of nitrogens with zero attached hydrogens (tertiary/aromatic N) is 1. The summed E-state index contributed by atoms with van der Waals surface area (Å²) in [6, 6.07) is 0. The van der Waals surface area contributed by atoms with E-state index in [4.69, 9.17) is 5.73 Å². The van der Waals surface area contributed by atoms with E-state index >= 15 is 0 Å². The SMILES string of the molecule is CC#Cc1cnc(N)c(C)c1/C=C\C. The lowest BCUT2D eigenvalue weighted by Crippen LogP contribution is -1.98. The molecule has 2 N–H and O–H groups in total. The maximum Gasteiger partial charge on any atom is 0.126 e. The van der Waals surface area contributed by atoms with E-state index in [0.29, 0.717) is 5.82 Å². The number of rotatable bonds is 1. The highest BCUT2D eigenvalue weighted by atomic mass is 14.8. The van der Waals surface area contributed by atoms with Crippen LogP contribution < -0.4 is 5.73 Å². The van der Waals surface area contributed by atoms with E-state index in [2.05, 4.69) is 16.8 Å². The lowest BCUT2D eigenvalue weighted by atomic mass is 10.0. The Balaban J connectivity index is 3.42. The summed E-state index contributed by atoms with van der Waals surface area (Å²) >= 11 is 0. The second-order valence-corrected chi connectivity index (χ2v) is 2.97. The second-order valence-electron chi connectivity index (χ2n) is 2.97. The topological polar surface area (TPSA) is 38.9 Å². The fourth-order valence-electron chi connectivity index (χ4n) is 1.26. The maximum absolute atomic E-state index is 5.72. The van der Waals surface area contributed by atoms with E-state index in [0.717, 1.165) is 16.7 Å². The van der Waals surface area contributed by atoms with E-state index in [9.17, 15) is 0 Å². The van der Waals surface area contributed by atoms with E-state index in [1.54, 1.807) is 6.20 Å². The first kappa shape index (κ1) is 10.3. The summed E-state index contributed by atoms with van der Waals surface area (Å²) in [6.07, 6.45) is 5.70. The van der Waals surface area contributed by atoms with E-state index in [1.807, 2.05) is 32.9 Å². The summed E-state index contributed by atoms with van der Waals surface area (Å²) in [5, 5.41) is 0. The zero-order valence-corrected chi connectivity index (χ0v) is 8.76. The summed E-state index contributed by atoms with van der Waals surface area (Å²) in [5.74, 6) is 6.44. The Labute approximate surface area is 84.9 Å². The van der Waals surface area contributed by atoms with E-state index < -0.39 is 0 Å². The Hall–Kier alpha value is -1.75. The van der Waals surface area contributed by atoms with Crippen molar-refractivity contribution in [2.24, 2.45) is 0 Å². The highest BCUT2D eigenvalue weighted by Gasteiger charge is 2.04. The van der Waals surface area contributed by atoms with Gasteiger partial charge in [-0.3, -0.25) is 0 Å². The molecule has 0 aliphatic carbocycles. The Kier molecular flexibility index (Phi) is 3.30. The highest BCUT2D eigenvalue weighted by molar-refractivity contribution is 5.66. The average Bonchev–Trinajstić information content (AvgIpc) is 2.18. The van der Waals surface area contributed by atoms with Crippen molar-refractivity contribution < 1.29 is 0 Å². The maximum atomic E-state index is 5.72. The Morgan fingerprint density at radius 1 is 1.50 bits per heavy atom. The molecule has 1 aromatic heterocycles. The van der Waals surface area contributed by atoms with Crippen molar-refractivity contribution in [3.8, 4) is 11.8 Å². The number of hydrogen-bond acceptors (Lipinski definition) is 2. The van der Waals surface area contributed by atoms with E-state index in [-0.39, 0.29) is 0 Å². The molecule has 0 aliphatic heterocycles. The van der Waals surface area contributed by atoms with Crippen LogP contribution >= 0.6 is 0 Å². The summed E-state index contributed by atoms with van der Waals surface area (Å²) in [4.78, 5) is 4.08. The monoisotopic (exact) mass is 186 g/mol. The molecule has 72 valence electrons. The normalized spacial score (nSPS) is 9.93. The minimum atomic E-state index is 0.569. The van der Waals surface area contributed by atoms with Gasteiger partial charge < -0.3 is 5.73 Å². The largest absolute Gasteiger partial charge is 0.383 e. The van der Waals surface area contributed by atoms with Crippen LogP contribution in [0.5, 0.6) is 0 Å². The Bertz CT molecular complexity index is 420. The lowest BCUT2D eigenvalue weighted by Gasteiger charge is -2.05. The van der Waals surface area contributed by atoms with Crippen LogP contribution in [0, 0.1) is 18.8 Å². The number of pyridine rings is 1. The summed E-state index contributed by atoms with van der Waals surface area (Å²) < 4.78 is 0. The van der Waals surface area contributed by atoms with Gasteiger partial charge in [-0.25, -0.2) is 4.98 Å². The van der Waals surface area contributed by atoms with Crippen LogP contribution in [0.3, 0.4) is 0 Å². The van der Waals surface area contributed by atoms with Crippen LogP contribution in [-0.2, 0) is 0 Å². The van der Waals surface area contributed by atoms with Gasteiger partial charge in [0, 0.05) is 6.20 Å². The number of aromatic nitrogens is 1. The molecule has 2 heteroatoms. The molecule has 0 aliphatic rings. The van der Waals surface area contributed by atoms with Crippen molar-refractivity contribution in [1.82, 2.24) is 4.98 Å². The Morgan fingerprint density at radius 2 is 2.21 bits per heavy atom. The Morgan fingerprint density at radius 3 is 2.79 bits per heavy atom. The standard InChI is InChI=1S/C12H14N2/c1-4-6-10-8-14-12(13)9(3)11(10)7-5-2/h5,7-8H,1-3H3,(H2,13,14)/b7-5-. The molecule has 0 aromatic carbocycles. The van der Waals surface area contributed by atoms with Crippen molar-refractivity contribution in [3.05, 3.63) is 29.0 Å². The van der Waals surface area contributed by atoms with Gasteiger partial charge in [0.15, 0.2) is 0 Å². The van der Waals surface area contributed by atoms with Gasteiger partial charge in [0.1, 0.15) is 5.82 Å². The lowest BCUT2D eigenvalue weighted by molar-refractivity contribution is 1.25. The van der Waals surface area contributed by atoms with Crippen LogP contribution in [-0.4, -0.2) is 4.98 Å². The number of nitrogen functional groups attached to an aromatic ring is 1. The molecule has 2 nitrogen and oxygen atoms in total. The van der Waals surface area contributed by atoms with Crippen LogP contribution in [0.1, 0.15) is 30.5 Å². The fraction of sp³-hybridized carbons (Fsp3) is 0.250. The van der Waals surface area contributed by atoms with Crippen LogP contribution in [0.4, 0.5) is 5.82 Å². The molecule has 1 aromatic rings. The molecule has 0 amide bonds. The predicted molar refractivity (Wildman–Crippen MR) is 60.6 cm³/mol. The van der Waals surface area contributed by atoms with Crippen molar-refractivity contribution in [2.45, 2.75) is 20.8 Å². The van der Waals surface area contributed by atoms with Crippen molar-refractivity contribution in [2.75, 3.05) is 5.73 Å². The molecular weight excluding hydrogens is 172 g/mol. The zero-order chi connectivity index (χ0) is 10.6. The molecular formula is C12H14N2. The van der Waals surface area contributed by atoms with Gasteiger partial charge in [-0.2, -0.15) is 0 Å². The number of hydrogen-bond donors (Lipinski definition) is 1. The van der Waals surface area contributed by atoms with Gasteiger partial charge in [0.2, 0.25) is 0 Å². The molecule has 0 saturated carbocycles. The van der Waals surface area contributed by atoms with Gasteiger partial charge >= 0.3 is 0 Å². The van der Waals surface area contributed by atoms with E-state index in [1.165, 1.54) is 0 Å². The summed E-state index contributed by atoms with van der Waals surface area (Å²) in [6.45, 7) is 5.74. The first-order valence-electron chi connectivity index (χ1n) is 4.51. The third kappa shape index (κ3) is 1.94. The molecule has 0 radical (unpaired) electrons. The minimum absolute atomic E-state index is 0.569. The molecule has 0 unspecified atom stereocenters. The second kappa shape index (κ2) is 4.48. The molecule has 0 saturated heterocycles. The van der Waals surface area contributed by atoms with Crippen molar-refractivity contribution in [3.63, 3.8) is 0 Å². The molecule has 0 spiro atoms. The van der Waals surface area contributed by atoms with Gasteiger partial charge in [0.05, 0.1) is 5.56 Å². The van der Waals surface area contributed by atoms with Gasteiger partial charge in [-0.15, -0.1) is 5.92 Å². The van der Waals surface area contributed by atoms with Crippen LogP contribution in [0.2, 0.25) is 0 Å². The molecule has 0 atom stereocenters.